The van der Waals surface area contributed by atoms with Gasteiger partial charge in [0.15, 0.2) is 0 Å². The maximum atomic E-state index is 12.5. The van der Waals surface area contributed by atoms with Crippen molar-refractivity contribution in [3.8, 4) is 0 Å². The Balaban J connectivity index is 1.99. The molecule has 1 aliphatic carbocycles. The molecule has 2 N–H and O–H groups in total. The summed E-state index contributed by atoms with van der Waals surface area (Å²) in [5.74, 6) is 0.403. The summed E-state index contributed by atoms with van der Waals surface area (Å²) in [4.78, 5) is 14.3. The minimum absolute atomic E-state index is 0.0747. The van der Waals surface area contributed by atoms with Crippen LogP contribution in [0, 0.1) is 19.8 Å². The number of anilines is 1. The minimum Gasteiger partial charge on any atom is -0.396 e. The fourth-order valence-corrected chi connectivity index (χ4v) is 3.26. The predicted molar refractivity (Wildman–Crippen MR) is 87.0 cm³/mol. The summed E-state index contributed by atoms with van der Waals surface area (Å²) in [6.07, 6.45) is 3.90. The minimum atomic E-state index is -0.0747. The monoisotopic (exact) mass is 308 g/mol. The molecule has 0 spiro atoms. The van der Waals surface area contributed by atoms with Crippen LogP contribution in [0.1, 0.15) is 44.0 Å². The van der Waals surface area contributed by atoms with Gasteiger partial charge < -0.3 is 15.3 Å². The summed E-state index contributed by atoms with van der Waals surface area (Å²) >= 11 is 0. The number of carbonyl (C=O) groups excluding carboxylic acids is 1. The second kappa shape index (κ2) is 7.13. The lowest BCUT2D eigenvalue weighted by atomic mass is 9.86. The van der Waals surface area contributed by atoms with Crippen molar-refractivity contribution in [2.45, 2.75) is 59.0 Å². The Morgan fingerprint density at radius 1 is 1.36 bits per heavy atom. The summed E-state index contributed by atoms with van der Waals surface area (Å²) in [7, 11) is 1.86. The van der Waals surface area contributed by atoms with Crippen LogP contribution in [0.3, 0.4) is 0 Å². The fourth-order valence-electron chi connectivity index (χ4n) is 3.26. The number of carbonyl (C=O) groups is 1. The lowest BCUT2D eigenvalue weighted by molar-refractivity contribution is 0.139. The van der Waals surface area contributed by atoms with Crippen molar-refractivity contribution >= 4 is 11.7 Å². The van der Waals surface area contributed by atoms with Crippen LogP contribution in [0.4, 0.5) is 10.5 Å². The Kier molecular flexibility index (Phi) is 5.45. The number of aliphatic hydroxyl groups is 1. The standard InChI is InChI=1S/C16H28N4O2/c1-5-20-12(3)15(11(2)18-20)17-16(22)19(4)14-8-6-13(10-21)7-9-14/h13-14,21H,5-10H2,1-4H3,(H,17,22). The van der Waals surface area contributed by atoms with E-state index in [1.807, 2.05) is 32.5 Å². The molecule has 1 heterocycles. The summed E-state index contributed by atoms with van der Waals surface area (Å²) < 4.78 is 1.90. The molecule has 1 aromatic rings. The van der Waals surface area contributed by atoms with Crippen molar-refractivity contribution in [3.63, 3.8) is 0 Å². The molecule has 0 saturated heterocycles. The smallest absolute Gasteiger partial charge is 0.321 e. The van der Waals surface area contributed by atoms with E-state index in [0.29, 0.717) is 5.92 Å². The quantitative estimate of drug-likeness (QED) is 0.898. The molecule has 2 rings (SSSR count). The zero-order chi connectivity index (χ0) is 16.3. The zero-order valence-electron chi connectivity index (χ0n) is 14.1. The topological polar surface area (TPSA) is 70.4 Å². The van der Waals surface area contributed by atoms with E-state index in [1.165, 1.54) is 0 Å². The van der Waals surface area contributed by atoms with Gasteiger partial charge >= 0.3 is 6.03 Å². The molecule has 0 aromatic carbocycles. The summed E-state index contributed by atoms with van der Waals surface area (Å²) in [6, 6.07) is 0.180. The van der Waals surface area contributed by atoms with Gasteiger partial charge in [0.2, 0.25) is 0 Å². The first-order valence-corrected chi connectivity index (χ1v) is 8.16. The van der Waals surface area contributed by atoms with Crippen molar-refractivity contribution in [3.05, 3.63) is 11.4 Å². The summed E-state index contributed by atoms with van der Waals surface area (Å²) in [5, 5.41) is 16.6. The second-order valence-electron chi connectivity index (χ2n) is 6.26. The molecule has 0 bridgehead atoms. The van der Waals surface area contributed by atoms with Gasteiger partial charge in [-0.05, 0) is 52.4 Å². The number of amides is 2. The number of nitrogens with zero attached hydrogens (tertiary/aromatic N) is 3. The van der Waals surface area contributed by atoms with Crippen molar-refractivity contribution < 1.29 is 9.90 Å². The SMILES string of the molecule is CCn1nc(C)c(NC(=O)N(C)C2CCC(CO)CC2)c1C. The van der Waals surface area contributed by atoms with E-state index < -0.39 is 0 Å². The van der Waals surface area contributed by atoms with Crippen molar-refractivity contribution in [1.29, 1.82) is 0 Å². The van der Waals surface area contributed by atoms with E-state index in [-0.39, 0.29) is 18.7 Å². The van der Waals surface area contributed by atoms with Crippen LogP contribution in [0.25, 0.3) is 0 Å². The number of aryl methyl sites for hydroxylation is 2. The molecule has 0 aliphatic heterocycles. The fraction of sp³-hybridized carbons (Fsp3) is 0.750. The Labute approximate surface area is 132 Å². The van der Waals surface area contributed by atoms with E-state index in [0.717, 1.165) is 49.3 Å². The maximum Gasteiger partial charge on any atom is 0.321 e. The molecular formula is C16H28N4O2. The molecular weight excluding hydrogens is 280 g/mol. The Morgan fingerprint density at radius 3 is 2.50 bits per heavy atom. The molecule has 1 aromatic heterocycles. The molecule has 0 atom stereocenters. The third-order valence-electron chi connectivity index (χ3n) is 4.86. The van der Waals surface area contributed by atoms with Gasteiger partial charge in [0, 0.05) is 26.2 Å². The van der Waals surface area contributed by atoms with Gasteiger partial charge in [-0.15, -0.1) is 0 Å². The maximum absolute atomic E-state index is 12.5. The highest BCUT2D eigenvalue weighted by molar-refractivity contribution is 5.90. The van der Waals surface area contributed by atoms with Crippen molar-refractivity contribution in [1.82, 2.24) is 14.7 Å². The van der Waals surface area contributed by atoms with E-state index in [1.54, 1.807) is 4.90 Å². The van der Waals surface area contributed by atoms with Gasteiger partial charge in [0.05, 0.1) is 17.1 Å². The number of nitrogens with one attached hydrogen (secondary N) is 1. The van der Waals surface area contributed by atoms with Gasteiger partial charge in [-0.2, -0.15) is 5.10 Å². The summed E-state index contributed by atoms with van der Waals surface area (Å²) in [6.45, 7) is 6.99. The van der Waals surface area contributed by atoms with E-state index in [2.05, 4.69) is 10.4 Å². The summed E-state index contributed by atoms with van der Waals surface area (Å²) in [5.41, 5.74) is 2.67. The zero-order valence-corrected chi connectivity index (χ0v) is 14.1. The molecule has 124 valence electrons. The molecule has 1 saturated carbocycles. The highest BCUT2D eigenvalue weighted by atomic mass is 16.3. The molecule has 22 heavy (non-hydrogen) atoms. The molecule has 2 amide bonds. The predicted octanol–water partition coefficient (Wildman–Crippen LogP) is 2.53. The molecule has 1 fully saturated rings. The number of rotatable bonds is 4. The van der Waals surface area contributed by atoms with Crippen LogP contribution < -0.4 is 5.32 Å². The van der Waals surface area contributed by atoms with Crippen molar-refractivity contribution in [2.75, 3.05) is 19.0 Å². The molecule has 6 nitrogen and oxygen atoms in total. The largest absolute Gasteiger partial charge is 0.396 e. The van der Waals surface area contributed by atoms with Crippen LogP contribution >= 0.6 is 0 Å². The van der Waals surface area contributed by atoms with Crippen molar-refractivity contribution in [2.24, 2.45) is 5.92 Å². The van der Waals surface area contributed by atoms with Gasteiger partial charge in [0.25, 0.3) is 0 Å². The number of urea groups is 1. The third-order valence-corrected chi connectivity index (χ3v) is 4.86. The van der Waals surface area contributed by atoms with Gasteiger partial charge in [-0.1, -0.05) is 0 Å². The lowest BCUT2D eigenvalue weighted by Crippen LogP contribution is -2.42. The molecule has 6 heteroatoms. The highest BCUT2D eigenvalue weighted by Gasteiger charge is 2.27. The van der Waals surface area contributed by atoms with E-state index in [4.69, 9.17) is 0 Å². The first kappa shape index (κ1) is 16.8. The third kappa shape index (κ3) is 3.43. The molecule has 0 radical (unpaired) electrons. The van der Waals surface area contributed by atoms with Crippen LogP contribution in [0.15, 0.2) is 0 Å². The molecule has 0 unspecified atom stereocenters. The normalized spacial score (nSPS) is 21.7. The number of hydrogen-bond acceptors (Lipinski definition) is 3. The Morgan fingerprint density at radius 2 is 2.00 bits per heavy atom. The van der Waals surface area contributed by atoms with Gasteiger partial charge in [0.1, 0.15) is 0 Å². The van der Waals surface area contributed by atoms with Crippen LogP contribution in [-0.4, -0.2) is 45.5 Å². The van der Waals surface area contributed by atoms with E-state index in [9.17, 15) is 9.90 Å². The number of hydrogen-bond donors (Lipinski definition) is 2. The average Bonchev–Trinajstić information content (AvgIpc) is 2.81. The highest BCUT2D eigenvalue weighted by Crippen LogP contribution is 2.27. The Hall–Kier alpha value is -1.56. The first-order chi connectivity index (χ1) is 10.5. The van der Waals surface area contributed by atoms with E-state index >= 15 is 0 Å². The van der Waals surface area contributed by atoms with Crippen LogP contribution in [-0.2, 0) is 6.54 Å². The van der Waals surface area contributed by atoms with Crippen LogP contribution in [0.2, 0.25) is 0 Å². The second-order valence-corrected chi connectivity index (χ2v) is 6.26. The first-order valence-electron chi connectivity index (χ1n) is 8.16. The molecule has 1 aliphatic rings. The lowest BCUT2D eigenvalue weighted by Gasteiger charge is -2.34. The number of aliphatic hydroxyl groups excluding tert-OH is 1. The Bertz CT molecular complexity index is 518. The van der Waals surface area contributed by atoms with Gasteiger partial charge in [-0.25, -0.2) is 4.79 Å². The number of aromatic nitrogens is 2. The van der Waals surface area contributed by atoms with Gasteiger partial charge in [-0.3, -0.25) is 4.68 Å². The van der Waals surface area contributed by atoms with Crippen LogP contribution in [0.5, 0.6) is 0 Å². The average molecular weight is 308 g/mol.